The number of carbonyl (C=O) groups excluding carboxylic acids is 1. The van der Waals surface area contributed by atoms with Gasteiger partial charge in [-0.2, -0.15) is 0 Å². The molecule has 0 spiro atoms. The van der Waals surface area contributed by atoms with Crippen molar-refractivity contribution in [3.05, 3.63) is 29.8 Å². The van der Waals surface area contributed by atoms with Crippen LogP contribution >= 0.6 is 12.4 Å². The summed E-state index contributed by atoms with van der Waals surface area (Å²) in [5.74, 6) is 0.853. The molecule has 1 amide bonds. The molecule has 1 aromatic carbocycles. The maximum atomic E-state index is 12.4. The second-order valence-corrected chi connectivity index (χ2v) is 5.52. The van der Waals surface area contributed by atoms with Crippen LogP contribution in [0.1, 0.15) is 32.3 Å². The van der Waals surface area contributed by atoms with Crippen LogP contribution in [-0.2, 0) is 11.2 Å². The van der Waals surface area contributed by atoms with Crippen molar-refractivity contribution < 1.29 is 9.53 Å². The van der Waals surface area contributed by atoms with Gasteiger partial charge in [-0.05, 0) is 43.5 Å². The highest BCUT2D eigenvalue weighted by Gasteiger charge is 2.25. The van der Waals surface area contributed by atoms with Crippen LogP contribution < -0.4 is 10.1 Å². The molecule has 1 fully saturated rings. The van der Waals surface area contributed by atoms with Crippen LogP contribution in [0.25, 0.3) is 0 Å². The molecule has 1 unspecified atom stereocenters. The van der Waals surface area contributed by atoms with Gasteiger partial charge in [-0.15, -0.1) is 12.4 Å². The van der Waals surface area contributed by atoms with Crippen molar-refractivity contribution in [3.63, 3.8) is 0 Å². The number of aryl methyl sites for hydroxylation is 1. The molecule has 0 bridgehead atoms. The summed E-state index contributed by atoms with van der Waals surface area (Å²) in [4.78, 5) is 14.4. The van der Waals surface area contributed by atoms with E-state index in [-0.39, 0.29) is 24.9 Å². The first-order valence-electron chi connectivity index (χ1n) is 7.96. The van der Waals surface area contributed by atoms with Gasteiger partial charge in [0.1, 0.15) is 5.75 Å². The Kier molecular flexibility index (Phi) is 8.28. The van der Waals surface area contributed by atoms with Crippen molar-refractivity contribution in [3.8, 4) is 5.75 Å². The molecule has 22 heavy (non-hydrogen) atoms. The van der Waals surface area contributed by atoms with Crippen LogP contribution in [-0.4, -0.2) is 43.1 Å². The molecule has 5 heteroatoms. The predicted molar refractivity (Wildman–Crippen MR) is 91.8 cm³/mol. The normalized spacial score (nSPS) is 16.9. The van der Waals surface area contributed by atoms with Crippen molar-refractivity contribution in [1.82, 2.24) is 10.2 Å². The number of hydrogen-bond donors (Lipinski definition) is 1. The van der Waals surface area contributed by atoms with Crippen LogP contribution in [0.3, 0.4) is 0 Å². The number of ether oxygens (including phenoxy) is 1. The first-order chi connectivity index (χ1) is 10.2. The van der Waals surface area contributed by atoms with Gasteiger partial charge in [0, 0.05) is 19.1 Å². The van der Waals surface area contributed by atoms with E-state index in [1.807, 2.05) is 29.2 Å². The summed E-state index contributed by atoms with van der Waals surface area (Å²) in [6.45, 7) is 7.06. The summed E-state index contributed by atoms with van der Waals surface area (Å²) in [7, 11) is 0. The van der Waals surface area contributed by atoms with Gasteiger partial charge >= 0.3 is 0 Å². The lowest BCUT2D eigenvalue weighted by Gasteiger charge is -2.28. The summed E-state index contributed by atoms with van der Waals surface area (Å²) >= 11 is 0. The number of halogens is 1. The molecular formula is C17H27ClN2O2. The fraction of sp³-hybridized carbons (Fsp3) is 0.588. The minimum atomic E-state index is 0. The smallest absolute Gasteiger partial charge is 0.260 e. The van der Waals surface area contributed by atoms with E-state index in [9.17, 15) is 4.79 Å². The molecule has 0 aliphatic carbocycles. The van der Waals surface area contributed by atoms with Gasteiger partial charge in [0.15, 0.2) is 6.61 Å². The Morgan fingerprint density at radius 2 is 2.05 bits per heavy atom. The average Bonchev–Trinajstić information content (AvgIpc) is 3.04. The summed E-state index contributed by atoms with van der Waals surface area (Å²) in [6, 6.07) is 8.29. The number of hydrogen-bond acceptors (Lipinski definition) is 3. The topological polar surface area (TPSA) is 41.6 Å². The highest BCUT2D eigenvalue weighted by atomic mass is 35.5. The van der Waals surface area contributed by atoms with Gasteiger partial charge in [-0.3, -0.25) is 4.79 Å². The van der Waals surface area contributed by atoms with E-state index in [2.05, 4.69) is 19.2 Å². The number of nitrogens with zero attached hydrogens (tertiary/aromatic N) is 1. The molecule has 0 saturated carbocycles. The lowest BCUT2D eigenvalue weighted by atomic mass is 10.2. The number of rotatable bonds is 7. The highest BCUT2D eigenvalue weighted by molar-refractivity contribution is 5.85. The van der Waals surface area contributed by atoms with E-state index >= 15 is 0 Å². The van der Waals surface area contributed by atoms with Crippen LogP contribution in [0.15, 0.2) is 24.3 Å². The quantitative estimate of drug-likeness (QED) is 0.837. The molecule has 1 aliphatic heterocycles. The Balaban J connectivity index is 0.00000242. The van der Waals surface area contributed by atoms with E-state index in [0.29, 0.717) is 6.04 Å². The number of nitrogens with one attached hydrogen (secondary N) is 1. The largest absolute Gasteiger partial charge is 0.484 e. The van der Waals surface area contributed by atoms with Crippen LogP contribution in [0, 0.1) is 0 Å². The second-order valence-electron chi connectivity index (χ2n) is 5.52. The predicted octanol–water partition coefficient (Wildman–Crippen LogP) is 2.65. The maximum Gasteiger partial charge on any atom is 0.260 e. The third-order valence-corrected chi connectivity index (χ3v) is 3.95. The third-order valence-electron chi connectivity index (χ3n) is 3.95. The molecule has 2 rings (SSSR count). The summed E-state index contributed by atoms with van der Waals surface area (Å²) in [6.07, 6.45) is 3.03. The fourth-order valence-electron chi connectivity index (χ4n) is 2.71. The summed E-state index contributed by atoms with van der Waals surface area (Å²) in [5.41, 5.74) is 1.28. The van der Waals surface area contributed by atoms with Gasteiger partial charge < -0.3 is 15.0 Å². The molecule has 0 aromatic heterocycles. The molecule has 1 aromatic rings. The first-order valence-corrected chi connectivity index (χ1v) is 7.96. The number of benzene rings is 1. The first kappa shape index (κ1) is 18.8. The van der Waals surface area contributed by atoms with E-state index in [1.54, 1.807) is 0 Å². The summed E-state index contributed by atoms with van der Waals surface area (Å²) < 4.78 is 5.64. The number of carbonyl (C=O) groups is 1. The van der Waals surface area contributed by atoms with E-state index in [1.165, 1.54) is 5.56 Å². The van der Waals surface area contributed by atoms with E-state index in [0.717, 1.165) is 44.6 Å². The molecule has 4 nitrogen and oxygen atoms in total. The summed E-state index contributed by atoms with van der Waals surface area (Å²) in [5, 5.41) is 3.32. The van der Waals surface area contributed by atoms with Crippen molar-refractivity contribution in [2.75, 3.05) is 26.2 Å². The van der Waals surface area contributed by atoms with Gasteiger partial charge in [-0.1, -0.05) is 26.0 Å². The zero-order valence-corrected chi connectivity index (χ0v) is 14.3. The molecule has 124 valence electrons. The zero-order valence-electron chi connectivity index (χ0n) is 13.5. The lowest BCUT2D eigenvalue weighted by molar-refractivity contribution is -0.135. The molecular weight excluding hydrogens is 300 g/mol. The maximum absolute atomic E-state index is 12.4. The molecule has 1 atom stereocenters. The standard InChI is InChI=1S/C17H26N2O2.ClH/c1-3-11-19(15-9-10-18-12-15)17(20)13-21-16-7-5-14(4-2)6-8-16;/h5-8,15,18H,3-4,9-13H2,1-2H3;1H. The monoisotopic (exact) mass is 326 g/mol. The van der Waals surface area contributed by atoms with E-state index < -0.39 is 0 Å². The lowest BCUT2D eigenvalue weighted by Crippen LogP contribution is -2.44. The SMILES string of the molecule is CCCN(C(=O)COc1ccc(CC)cc1)C1CCNC1.Cl. The van der Waals surface area contributed by atoms with Gasteiger partial charge in [0.2, 0.25) is 0 Å². The third kappa shape index (κ3) is 5.18. The molecule has 1 aliphatic rings. The fourth-order valence-corrected chi connectivity index (χ4v) is 2.71. The Labute approximate surface area is 139 Å². The Morgan fingerprint density at radius 3 is 2.59 bits per heavy atom. The second kappa shape index (κ2) is 9.70. The molecule has 1 heterocycles. The Morgan fingerprint density at radius 1 is 1.32 bits per heavy atom. The van der Waals surface area contributed by atoms with Crippen LogP contribution in [0.2, 0.25) is 0 Å². The van der Waals surface area contributed by atoms with Crippen molar-refractivity contribution >= 4 is 18.3 Å². The number of amides is 1. The molecule has 0 radical (unpaired) electrons. The van der Waals surface area contributed by atoms with Crippen molar-refractivity contribution in [2.45, 2.75) is 39.2 Å². The van der Waals surface area contributed by atoms with Gasteiger partial charge in [0.05, 0.1) is 0 Å². The van der Waals surface area contributed by atoms with Crippen molar-refractivity contribution in [2.24, 2.45) is 0 Å². The van der Waals surface area contributed by atoms with Gasteiger partial charge in [-0.25, -0.2) is 0 Å². The van der Waals surface area contributed by atoms with Crippen LogP contribution in [0.5, 0.6) is 5.75 Å². The van der Waals surface area contributed by atoms with Crippen molar-refractivity contribution in [1.29, 1.82) is 0 Å². The van der Waals surface area contributed by atoms with E-state index in [4.69, 9.17) is 4.74 Å². The highest BCUT2D eigenvalue weighted by Crippen LogP contribution is 2.14. The molecule has 1 N–H and O–H groups in total. The zero-order chi connectivity index (χ0) is 15.1. The van der Waals surface area contributed by atoms with Crippen LogP contribution in [0.4, 0.5) is 0 Å². The average molecular weight is 327 g/mol. The minimum Gasteiger partial charge on any atom is -0.484 e. The minimum absolute atomic E-state index is 0. The Hall–Kier alpha value is -1.26. The molecule has 1 saturated heterocycles. The Bertz CT molecular complexity index is 444. The van der Waals surface area contributed by atoms with Gasteiger partial charge in [0.25, 0.3) is 5.91 Å².